The van der Waals surface area contributed by atoms with E-state index < -0.39 is 11.7 Å². The second kappa shape index (κ2) is 10.4. The Balaban J connectivity index is 1.29. The lowest BCUT2D eigenvalue weighted by molar-refractivity contribution is -0.137. The van der Waals surface area contributed by atoms with Gasteiger partial charge >= 0.3 is 6.18 Å². The van der Waals surface area contributed by atoms with E-state index in [1.807, 2.05) is 43.3 Å². The second-order valence-electron chi connectivity index (χ2n) is 9.05. The number of aromatic nitrogens is 2. The van der Waals surface area contributed by atoms with Gasteiger partial charge in [-0.25, -0.2) is 4.98 Å². The van der Waals surface area contributed by atoms with Gasteiger partial charge in [0.25, 0.3) is 0 Å². The summed E-state index contributed by atoms with van der Waals surface area (Å²) >= 11 is 5.99. The van der Waals surface area contributed by atoms with Crippen LogP contribution in [0.1, 0.15) is 36.8 Å². The number of hydrogen-bond donors (Lipinski definition) is 2. The lowest BCUT2D eigenvalue weighted by atomic mass is 9.86. The number of nitrogens with one attached hydrogen (secondary N) is 2. The highest BCUT2D eigenvalue weighted by atomic mass is 35.5. The summed E-state index contributed by atoms with van der Waals surface area (Å²) in [7, 11) is 3.95. The van der Waals surface area contributed by atoms with Gasteiger partial charge in [0.15, 0.2) is 0 Å². The Morgan fingerprint density at radius 2 is 1.74 bits per heavy atom. The van der Waals surface area contributed by atoms with Gasteiger partial charge in [-0.15, -0.1) is 0 Å². The molecule has 1 fully saturated rings. The van der Waals surface area contributed by atoms with E-state index in [0.717, 1.165) is 55.0 Å². The fourth-order valence-electron chi connectivity index (χ4n) is 4.51. The van der Waals surface area contributed by atoms with Crippen molar-refractivity contribution >= 4 is 34.3 Å². The third kappa shape index (κ3) is 5.73. The molecule has 182 valence electrons. The van der Waals surface area contributed by atoms with Crippen molar-refractivity contribution in [2.45, 2.75) is 44.4 Å². The molecule has 4 rings (SSSR count). The third-order valence-electron chi connectivity index (χ3n) is 6.32. The number of hydrogen-bond acceptors (Lipinski definition) is 5. The molecule has 0 spiro atoms. The monoisotopic (exact) mass is 491 g/mol. The van der Waals surface area contributed by atoms with Crippen molar-refractivity contribution in [2.75, 3.05) is 30.9 Å². The average molecular weight is 492 g/mol. The van der Waals surface area contributed by atoms with E-state index in [4.69, 9.17) is 21.6 Å². The van der Waals surface area contributed by atoms with Crippen molar-refractivity contribution in [3.05, 3.63) is 58.6 Å². The molecule has 0 bridgehead atoms. The summed E-state index contributed by atoms with van der Waals surface area (Å²) in [4.78, 5) is 11.4. The first-order valence-corrected chi connectivity index (χ1v) is 11.9. The molecule has 2 N–H and O–H groups in total. The summed E-state index contributed by atoms with van der Waals surface area (Å²) in [5.74, 6) is 2.00. The lowest BCUT2D eigenvalue weighted by Gasteiger charge is -2.29. The van der Waals surface area contributed by atoms with E-state index in [1.165, 1.54) is 6.07 Å². The first-order chi connectivity index (χ1) is 16.2. The number of rotatable bonds is 7. The Kier molecular flexibility index (Phi) is 7.48. The van der Waals surface area contributed by atoms with Gasteiger partial charge in [0, 0.05) is 32.1 Å². The van der Waals surface area contributed by atoms with Crippen LogP contribution in [-0.4, -0.2) is 36.6 Å². The van der Waals surface area contributed by atoms with E-state index in [1.54, 1.807) is 6.07 Å². The Bertz CT molecular complexity index is 1130. The summed E-state index contributed by atoms with van der Waals surface area (Å²) in [6.45, 7) is 1.07. The normalized spacial score (nSPS) is 18.8. The molecule has 1 saturated carbocycles. The topological polar surface area (TPSA) is 53.1 Å². The minimum absolute atomic E-state index is 0.220. The summed E-state index contributed by atoms with van der Waals surface area (Å²) in [6, 6.07) is 12.3. The molecular weight excluding hydrogens is 463 g/mol. The zero-order chi connectivity index (χ0) is 24.3. The zero-order valence-corrected chi connectivity index (χ0v) is 20.0. The predicted molar refractivity (Wildman–Crippen MR) is 131 cm³/mol. The number of fused-ring (bicyclic) bond motifs is 1. The first-order valence-electron chi connectivity index (χ1n) is 11.5. The molecule has 0 aliphatic heterocycles. The Morgan fingerprint density at radius 1 is 1.00 bits per heavy atom. The molecule has 0 unspecified atom stereocenters. The summed E-state index contributed by atoms with van der Waals surface area (Å²) in [5.41, 5.74) is 0.597. The van der Waals surface area contributed by atoms with Crippen LogP contribution in [0.5, 0.6) is 0 Å². The third-order valence-corrected chi connectivity index (χ3v) is 6.77. The van der Waals surface area contributed by atoms with Crippen molar-refractivity contribution in [1.29, 1.82) is 0 Å². The molecular formula is C25H29ClF3N5. The molecule has 34 heavy (non-hydrogen) atoms. The number of alkyl halides is 3. The van der Waals surface area contributed by atoms with Crippen LogP contribution in [0.3, 0.4) is 0 Å². The largest absolute Gasteiger partial charge is 0.417 e. The van der Waals surface area contributed by atoms with Crippen LogP contribution in [0.15, 0.2) is 42.5 Å². The molecule has 2 aromatic carbocycles. The van der Waals surface area contributed by atoms with Gasteiger partial charge in [0.1, 0.15) is 5.82 Å². The maximum Gasteiger partial charge on any atom is 0.417 e. The second-order valence-corrected chi connectivity index (χ2v) is 9.43. The summed E-state index contributed by atoms with van der Waals surface area (Å²) in [6.07, 6.45) is -0.418. The van der Waals surface area contributed by atoms with Crippen molar-refractivity contribution < 1.29 is 13.2 Å². The molecule has 0 atom stereocenters. The Morgan fingerprint density at radius 3 is 2.44 bits per heavy atom. The van der Waals surface area contributed by atoms with Crippen LogP contribution in [0.25, 0.3) is 10.9 Å². The Hall–Kier alpha value is -2.58. The molecule has 0 amide bonds. The summed E-state index contributed by atoms with van der Waals surface area (Å²) < 4.78 is 39.2. The fourth-order valence-corrected chi connectivity index (χ4v) is 4.80. The van der Waals surface area contributed by atoms with Gasteiger partial charge < -0.3 is 15.5 Å². The van der Waals surface area contributed by atoms with Crippen LogP contribution in [0.4, 0.5) is 24.9 Å². The van der Waals surface area contributed by atoms with E-state index in [0.29, 0.717) is 30.0 Å². The standard InChI is InChI=1S/C25H29ClF3N5/c1-34(2)23-19-7-3-4-9-21(19)32-24(33-23)31-18-12-10-16(11-13-18)14-30-15-17-6-5-8-20(22(17)26)25(27,28)29/h3-9,16,18,30H,10-15H2,1-2H3,(H,31,32,33). The van der Waals surface area contributed by atoms with Gasteiger partial charge in [-0.3, -0.25) is 0 Å². The molecule has 0 radical (unpaired) electrons. The molecule has 3 aromatic rings. The fraction of sp³-hybridized carbons (Fsp3) is 0.440. The summed E-state index contributed by atoms with van der Waals surface area (Å²) in [5, 5.41) is 7.60. The van der Waals surface area contributed by atoms with Crippen LogP contribution in [0.2, 0.25) is 5.02 Å². The number of benzene rings is 2. The van der Waals surface area contributed by atoms with Crippen molar-refractivity contribution in [3.63, 3.8) is 0 Å². The number of anilines is 2. The van der Waals surface area contributed by atoms with Gasteiger partial charge in [-0.1, -0.05) is 35.9 Å². The maximum absolute atomic E-state index is 13.1. The molecule has 1 aromatic heterocycles. The molecule has 1 heterocycles. The van der Waals surface area contributed by atoms with E-state index in [-0.39, 0.29) is 5.02 Å². The predicted octanol–water partition coefficient (Wildman–Crippen LogP) is 6.13. The maximum atomic E-state index is 13.1. The van der Waals surface area contributed by atoms with Crippen molar-refractivity contribution in [3.8, 4) is 0 Å². The quantitative estimate of drug-likeness (QED) is 0.416. The molecule has 9 heteroatoms. The minimum Gasteiger partial charge on any atom is -0.362 e. The molecule has 0 saturated heterocycles. The van der Waals surface area contributed by atoms with Crippen LogP contribution < -0.4 is 15.5 Å². The van der Waals surface area contributed by atoms with Gasteiger partial charge in [-0.05, 0) is 61.9 Å². The lowest BCUT2D eigenvalue weighted by Crippen LogP contribution is -2.31. The Labute approximate surface area is 202 Å². The van der Waals surface area contributed by atoms with Crippen molar-refractivity contribution in [2.24, 2.45) is 5.92 Å². The first kappa shape index (κ1) is 24.5. The average Bonchev–Trinajstić information content (AvgIpc) is 2.80. The van der Waals surface area contributed by atoms with Gasteiger partial charge in [0.05, 0.1) is 16.1 Å². The van der Waals surface area contributed by atoms with Gasteiger partial charge in [0.2, 0.25) is 5.95 Å². The SMILES string of the molecule is CN(C)c1nc(NC2CCC(CNCc3cccc(C(F)(F)F)c3Cl)CC2)nc2ccccc12. The number of nitrogens with zero attached hydrogens (tertiary/aromatic N) is 3. The molecule has 1 aliphatic rings. The smallest absolute Gasteiger partial charge is 0.362 e. The van der Waals surface area contributed by atoms with Crippen LogP contribution in [0, 0.1) is 5.92 Å². The van der Waals surface area contributed by atoms with Crippen LogP contribution >= 0.6 is 11.6 Å². The highest BCUT2D eigenvalue weighted by molar-refractivity contribution is 6.32. The number of para-hydroxylation sites is 1. The van der Waals surface area contributed by atoms with E-state index in [9.17, 15) is 13.2 Å². The highest BCUT2D eigenvalue weighted by Gasteiger charge is 2.33. The van der Waals surface area contributed by atoms with Crippen LogP contribution in [-0.2, 0) is 12.7 Å². The minimum atomic E-state index is -4.44. The van der Waals surface area contributed by atoms with Gasteiger partial charge in [-0.2, -0.15) is 18.2 Å². The molecule has 1 aliphatic carbocycles. The molecule has 5 nitrogen and oxygen atoms in total. The highest BCUT2D eigenvalue weighted by Crippen LogP contribution is 2.36. The van der Waals surface area contributed by atoms with E-state index >= 15 is 0 Å². The zero-order valence-electron chi connectivity index (χ0n) is 19.3. The van der Waals surface area contributed by atoms with Crippen molar-refractivity contribution in [1.82, 2.24) is 15.3 Å². The van der Waals surface area contributed by atoms with E-state index in [2.05, 4.69) is 10.6 Å². The number of halogens is 4.